The Hall–Kier alpha value is -1.74. The highest BCUT2D eigenvalue weighted by molar-refractivity contribution is 7.89. The van der Waals surface area contributed by atoms with Crippen LogP contribution in [0.3, 0.4) is 0 Å². The molecule has 0 spiro atoms. The van der Waals surface area contributed by atoms with Crippen molar-refractivity contribution >= 4 is 20.0 Å². The lowest BCUT2D eigenvalue weighted by atomic mass is 9.86. The maximum atomic E-state index is 13.9. The normalized spacial score (nSPS) is 24.9. The predicted molar refractivity (Wildman–Crippen MR) is 134 cm³/mol. The number of nitrogens with zero attached hydrogens (tertiary/aromatic N) is 2. The van der Waals surface area contributed by atoms with Crippen molar-refractivity contribution < 1.29 is 16.8 Å². The highest BCUT2D eigenvalue weighted by Crippen LogP contribution is 2.33. The molecule has 0 radical (unpaired) electrons. The fraction of sp³-hybridized carbons (Fsp3) is 0.538. The molecule has 1 heterocycles. The molecule has 4 rings (SSSR count). The van der Waals surface area contributed by atoms with Gasteiger partial charge in [-0.1, -0.05) is 57.0 Å². The molecule has 186 valence electrons. The topological polar surface area (TPSA) is 74.8 Å². The molecule has 8 heteroatoms. The Kier molecular flexibility index (Phi) is 7.82. The second kappa shape index (κ2) is 10.5. The number of hydrogen-bond acceptors (Lipinski definition) is 4. The van der Waals surface area contributed by atoms with E-state index in [2.05, 4.69) is 13.8 Å². The number of rotatable bonds is 7. The molecule has 0 N–H and O–H groups in total. The highest BCUT2D eigenvalue weighted by atomic mass is 32.2. The van der Waals surface area contributed by atoms with Gasteiger partial charge < -0.3 is 0 Å². The quantitative estimate of drug-likeness (QED) is 0.539. The van der Waals surface area contributed by atoms with Crippen molar-refractivity contribution in [1.29, 1.82) is 0 Å². The summed E-state index contributed by atoms with van der Waals surface area (Å²) in [6.45, 7) is 5.52. The van der Waals surface area contributed by atoms with E-state index < -0.39 is 20.0 Å². The van der Waals surface area contributed by atoms with Gasteiger partial charge in [0.15, 0.2) is 0 Å². The molecule has 0 amide bonds. The van der Waals surface area contributed by atoms with Crippen LogP contribution in [0.2, 0.25) is 0 Å². The number of hydrogen-bond donors (Lipinski definition) is 0. The van der Waals surface area contributed by atoms with Gasteiger partial charge in [0, 0.05) is 25.7 Å². The molecule has 0 unspecified atom stereocenters. The minimum Gasteiger partial charge on any atom is -0.207 e. The zero-order valence-electron chi connectivity index (χ0n) is 20.1. The van der Waals surface area contributed by atoms with Gasteiger partial charge in [0.05, 0.1) is 9.79 Å². The Balaban J connectivity index is 1.63. The highest BCUT2D eigenvalue weighted by Gasteiger charge is 2.36. The van der Waals surface area contributed by atoms with Crippen LogP contribution in [0.25, 0.3) is 0 Å². The van der Waals surface area contributed by atoms with Gasteiger partial charge in [0.1, 0.15) is 0 Å². The van der Waals surface area contributed by atoms with Crippen molar-refractivity contribution in [1.82, 2.24) is 8.61 Å². The molecule has 1 saturated carbocycles. The van der Waals surface area contributed by atoms with Crippen LogP contribution in [0.4, 0.5) is 0 Å². The van der Waals surface area contributed by atoms with Crippen LogP contribution in [-0.4, -0.2) is 44.6 Å². The Bertz CT molecular complexity index is 1170. The van der Waals surface area contributed by atoms with E-state index in [0.29, 0.717) is 25.6 Å². The first-order valence-electron chi connectivity index (χ1n) is 12.4. The molecule has 1 aliphatic heterocycles. The van der Waals surface area contributed by atoms with Crippen molar-refractivity contribution in [2.45, 2.75) is 74.7 Å². The van der Waals surface area contributed by atoms with Gasteiger partial charge in [-0.2, -0.15) is 8.61 Å². The van der Waals surface area contributed by atoms with Crippen LogP contribution in [0, 0.1) is 11.8 Å². The maximum absolute atomic E-state index is 13.9. The van der Waals surface area contributed by atoms with Gasteiger partial charge in [0.2, 0.25) is 20.0 Å². The minimum atomic E-state index is -3.80. The average Bonchev–Trinajstić information content (AvgIpc) is 2.84. The molecule has 2 fully saturated rings. The Labute approximate surface area is 205 Å². The molecule has 34 heavy (non-hydrogen) atoms. The smallest absolute Gasteiger partial charge is 0.207 e. The van der Waals surface area contributed by atoms with Gasteiger partial charge in [-0.15, -0.1) is 0 Å². The summed E-state index contributed by atoms with van der Waals surface area (Å²) in [4.78, 5) is 0.299. The fourth-order valence-electron chi connectivity index (χ4n) is 5.30. The Morgan fingerprint density at radius 1 is 0.824 bits per heavy atom. The number of benzene rings is 2. The minimum absolute atomic E-state index is 0.0720. The van der Waals surface area contributed by atoms with Crippen LogP contribution in [0.5, 0.6) is 0 Å². The zero-order valence-corrected chi connectivity index (χ0v) is 21.8. The molecule has 6 nitrogen and oxygen atoms in total. The summed E-state index contributed by atoms with van der Waals surface area (Å²) in [5, 5.41) is 0. The van der Waals surface area contributed by atoms with E-state index in [1.54, 1.807) is 4.31 Å². The molecule has 0 bridgehead atoms. The molecule has 0 aromatic heterocycles. The maximum Gasteiger partial charge on any atom is 0.243 e. The van der Waals surface area contributed by atoms with Crippen LogP contribution in [0.1, 0.15) is 57.9 Å². The monoisotopic (exact) mass is 504 g/mol. The summed E-state index contributed by atoms with van der Waals surface area (Å²) in [6.07, 6.45) is 5.87. The molecule has 3 atom stereocenters. The third-order valence-electron chi connectivity index (χ3n) is 7.31. The lowest BCUT2D eigenvalue weighted by molar-refractivity contribution is 0.185. The number of sulfonamides is 2. The lowest BCUT2D eigenvalue weighted by Crippen LogP contribution is -2.44. The fourth-order valence-corrected chi connectivity index (χ4v) is 8.64. The summed E-state index contributed by atoms with van der Waals surface area (Å²) in [5.41, 5.74) is 0.947. The predicted octanol–water partition coefficient (Wildman–Crippen LogP) is 4.88. The summed E-state index contributed by atoms with van der Waals surface area (Å²) in [6, 6.07) is 15.4. The summed E-state index contributed by atoms with van der Waals surface area (Å²) >= 11 is 0. The van der Waals surface area contributed by atoms with Crippen LogP contribution >= 0.6 is 0 Å². The van der Waals surface area contributed by atoms with Gasteiger partial charge in [-0.05, 0) is 67.3 Å². The van der Waals surface area contributed by atoms with Crippen LogP contribution in [0.15, 0.2) is 64.4 Å². The molecule has 2 aliphatic rings. The summed E-state index contributed by atoms with van der Waals surface area (Å²) in [5.74, 6) is 0.597. The zero-order chi connectivity index (χ0) is 24.3. The van der Waals surface area contributed by atoms with Gasteiger partial charge in [-0.3, -0.25) is 0 Å². The first-order chi connectivity index (χ1) is 16.2. The second-order valence-electron chi connectivity index (χ2n) is 9.95. The molecule has 2 aromatic carbocycles. The number of piperidine rings is 1. The van der Waals surface area contributed by atoms with E-state index in [0.717, 1.165) is 44.1 Å². The van der Waals surface area contributed by atoms with E-state index in [-0.39, 0.29) is 21.8 Å². The molecule has 1 saturated heterocycles. The second-order valence-corrected chi connectivity index (χ2v) is 13.8. The average molecular weight is 505 g/mol. The van der Waals surface area contributed by atoms with Gasteiger partial charge in [-0.25, -0.2) is 16.8 Å². The molecule has 2 aromatic rings. The van der Waals surface area contributed by atoms with Crippen molar-refractivity contribution in [3.05, 3.63) is 60.2 Å². The van der Waals surface area contributed by atoms with Gasteiger partial charge in [0.25, 0.3) is 0 Å². The molecule has 1 aliphatic carbocycles. The Morgan fingerprint density at radius 3 is 2.12 bits per heavy atom. The van der Waals surface area contributed by atoms with Crippen molar-refractivity contribution in [2.75, 3.05) is 13.1 Å². The van der Waals surface area contributed by atoms with Crippen molar-refractivity contribution in [3.63, 3.8) is 0 Å². The molecular formula is C26H36N2O4S2. The third kappa shape index (κ3) is 5.40. The summed E-state index contributed by atoms with van der Waals surface area (Å²) in [7, 11) is -7.43. The summed E-state index contributed by atoms with van der Waals surface area (Å²) < 4.78 is 57.1. The van der Waals surface area contributed by atoms with E-state index in [9.17, 15) is 16.8 Å². The first-order valence-corrected chi connectivity index (χ1v) is 15.2. The van der Waals surface area contributed by atoms with Crippen LogP contribution in [-0.2, 0) is 26.6 Å². The standard InChI is InChI=1S/C26H36N2O4S2/c1-21-9-8-18-27(19-21)33(29,30)24-14-16-25(17-15-24)34(31,32)28(20-23-11-4-3-5-12-23)26-13-7-6-10-22(26)2/h3-5,11-12,14-17,21-22,26H,6-10,13,18-20H2,1-2H3/t21-,22-,26+/m0/s1. The van der Waals surface area contributed by atoms with E-state index in [1.165, 1.54) is 28.6 Å². The SMILES string of the molecule is C[C@H]1CCCN(S(=O)(=O)c2ccc(S(=O)(=O)N(Cc3ccccc3)[C@@H]3CCCC[C@@H]3C)cc2)C1. The van der Waals surface area contributed by atoms with Crippen molar-refractivity contribution in [3.8, 4) is 0 Å². The van der Waals surface area contributed by atoms with E-state index in [4.69, 9.17) is 0 Å². The first kappa shape index (κ1) is 25.4. The van der Waals surface area contributed by atoms with Crippen LogP contribution < -0.4 is 0 Å². The molecular weight excluding hydrogens is 468 g/mol. The third-order valence-corrected chi connectivity index (χ3v) is 11.1. The van der Waals surface area contributed by atoms with Gasteiger partial charge >= 0.3 is 0 Å². The Morgan fingerprint density at radius 2 is 1.47 bits per heavy atom. The van der Waals surface area contributed by atoms with E-state index in [1.807, 2.05) is 30.3 Å². The lowest BCUT2D eigenvalue weighted by Gasteiger charge is -2.38. The largest absolute Gasteiger partial charge is 0.243 e. The van der Waals surface area contributed by atoms with E-state index >= 15 is 0 Å². The van der Waals surface area contributed by atoms with Crippen molar-refractivity contribution in [2.24, 2.45) is 11.8 Å².